The zero-order chi connectivity index (χ0) is 20.3. The van der Waals surface area contributed by atoms with Crippen molar-refractivity contribution in [3.8, 4) is 5.75 Å². The molecule has 0 fully saturated rings. The highest BCUT2D eigenvalue weighted by atomic mass is 19.4. The topological polar surface area (TPSA) is 90.9 Å². The molecule has 0 radical (unpaired) electrons. The summed E-state index contributed by atoms with van der Waals surface area (Å²) in [5, 5.41) is 14.2. The lowest BCUT2D eigenvalue weighted by atomic mass is 9.99. The first kappa shape index (κ1) is 19.3. The molecule has 0 saturated carbocycles. The van der Waals surface area contributed by atoms with Crippen LogP contribution in [-0.4, -0.2) is 35.0 Å². The standard InChI is InChI=1S/C18H16F3N3O4/c19-18(20,21)28-15-5-3-13(4-6-15)22-16(25)23-14-2-1-12-10-24(17(26)27)8-7-11(12)9-14/h1-6,9H,7-8,10H2,(H,26,27)(H2,22,23,25). The van der Waals surface area contributed by atoms with Gasteiger partial charge < -0.3 is 25.4 Å². The summed E-state index contributed by atoms with van der Waals surface area (Å²) in [7, 11) is 0. The number of hydrogen-bond acceptors (Lipinski definition) is 3. The van der Waals surface area contributed by atoms with E-state index in [-0.39, 0.29) is 5.75 Å². The normalized spacial score (nSPS) is 13.5. The molecule has 0 aromatic heterocycles. The number of anilines is 2. The maximum Gasteiger partial charge on any atom is 0.573 e. The first-order chi connectivity index (χ1) is 13.2. The van der Waals surface area contributed by atoms with Crippen LogP contribution in [0, 0.1) is 0 Å². The number of carbonyl (C=O) groups is 2. The van der Waals surface area contributed by atoms with Gasteiger partial charge in [0.25, 0.3) is 0 Å². The average Bonchev–Trinajstić information content (AvgIpc) is 2.61. The van der Waals surface area contributed by atoms with Gasteiger partial charge in [-0.15, -0.1) is 13.2 Å². The first-order valence-electron chi connectivity index (χ1n) is 8.23. The molecule has 1 aliphatic rings. The maximum absolute atomic E-state index is 12.1. The lowest BCUT2D eigenvalue weighted by Gasteiger charge is -2.26. The minimum absolute atomic E-state index is 0.294. The number of benzene rings is 2. The third-order valence-electron chi connectivity index (χ3n) is 4.09. The van der Waals surface area contributed by atoms with Gasteiger partial charge in [-0.1, -0.05) is 6.07 Å². The van der Waals surface area contributed by atoms with Gasteiger partial charge in [0.05, 0.1) is 0 Å². The predicted octanol–water partition coefficient (Wildman–Crippen LogP) is 4.27. The van der Waals surface area contributed by atoms with Crippen LogP contribution in [0.15, 0.2) is 42.5 Å². The Hall–Kier alpha value is -3.43. The fourth-order valence-corrected chi connectivity index (χ4v) is 2.83. The van der Waals surface area contributed by atoms with Crippen LogP contribution in [0.2, 0.25) is 0 Å². The summed E-state index contributed by atoms with van der Waals surface area (Å²) in [6, 6.07) is 9.38. The molecule has 3 N–H and O–H groups in total. The van der Waals surface area contributed by atoms with Crippen LogP contribution in [0.1, 0.15) is 11.1 Å². The molecule has 0 saturated heterocycles. The van der Waals surface area contributed by atoms with Crippen molar-refractivity contribution in [2.75, 3.05) is 17.2 Å². The molecule has 0 unspecified atom stereocenters. The molecule has 10 heteroatoms. The van der Waals surface area contributed by atoms with Gasteiger partial charge in [0.1, 0.15) is 5.75 Å². The second kappa shape index (κ2) is 7.67. The minimum atomic E-state index is -4.78. The second-order valence-electron chi connectivity index (χ2n) is 6.09. The molecule has 1 heterocycles. The molecule has 0 spiro atoms. The van der Waals surface area contributed by atoms with Crippen molar-refractivity contribution in [1.29, 1.82) is 0 Å². The SMILES string of the molecule is O=C(Nc1ccc(OC(F)(F)F)cc1)Nc1ccc2c(c1)CCN(C(=O)O)C2. The number of nitrogens with one attached hydrogen (secondary N) is 2. The third kappa shape index (κ3) is 5.06. The highest BCUT2D eigenvalue weighted by molar-refractivity contribution is 5.99. The zero-order valence-electron chi connectivity index (χ0n) is 14.4. The Kier molecular flexibility index (Phi) is 5.30. The van der Waals surface area contributed by atoms with E-state index < -0.39 is 18.5 Å². The smallest absolute Gasteiger partial charge is 0.465 e. The number of halogens is 3. The Morgan fingerprint density at radius 1 is 1.00 bits per heavy atom. The number of alkyl halides is 3. The Bertz CT molecular complexity index is 885. The van der Waals surface area contributed by atoms with Crippen molar-refractivity contribution >= 4 is 23.5 Å². The molecule has 1 aliphatic heterocycles. The Balaban J connectivity index is 1.59. The lowest BCUT2D eigenvalue weighted by Crippen LogP contribution is -2.34. The van der Waals surface area contributed by atoms with E-state index in [0.717, 1.165) is 23.3 Å². The van der Waals surface area contributed by atoms with Gasteiger partial charge in [0.15, 0.2) is 0 Å². The van der Waals surface area contributed by atoms with E-state index in [4.69, 9.17) is 5.11 Å². The monoisotopic (exact) mass is 395 g/mol. The van der Waals surface area contributed by atoms with E-state index in [1.807, 2.05) is 0 Å². The fraction of sp³-hybridized carbons (Fsp3) is 0.222. The van der Waals surface area contributed by atoms with Gasteiger partial charge in [-0.3, -0.25) is 0 Å². The molecule has 7 nitrogen and oxygen atoms in total. The molecular weight excluding hydrogens is 379 g/mol. The van der Waals surface area contributed by atoms with Crippen molar-refractivity contribution in [2.24, 2.45) is 0 Å². The molecule has 2 aromatic carbocycles. The number of ether oxygens (including phenoxy) is 1. The van der Waals surface area contributed by atoms with Crippen LogP contribution in [0.3, 0.4) is 0 Å². The third-order valence-corrected chi connectivity index (χ3v) is 4.09. The van der Waals surface area contributed by atoms with Crippen molar-refractivity contribution in [3.05, 3.63) is 53.6 Å². The van der Waals surface area contributed by atoms with Gasteiger partial charge in [-0.05, 0) is 53.9 Å². The highest BCUT2D eigenvalue weighted by Crippen LogP contribution is 2.25. The lowest BCUT2D eigenvalue weighted by molar-refractivity contribution is -0.274. The van der Waals surface area contributed by atoms with E-state index in [1.54, 1.807) is 18.2 Å². The average molecular weight is 395 g/mol. The highest BCUT2D eigenvalue weighted by Gasteiger charge is 2.31. The molecule has 3 amide bonds. The first-order valence-corrected chi connectivity index (χ1v) is 8.23. The second-order valence-corrected chi connectivity index (χ2v) is 6.09. The molecule has 0 aliphatic carbocycles. The number of rotatable bonds is 3. The number of hydrogen-bond donors (Lipinski definition) is 3. The fourth-order valence-electron chi connectivity index (χ4n) is 2.83. The molecule has 3 rings (SSSR count). The van der Waals surface area contributed by atoms with Crippen molar-refractivity contribution in [1.82, 2.24) is 4.90 Å². The van der Waals surface area contributed by atoms with Gasteiger partial charge in [0.2, 0.25) is 0 Å². The Morgan fingerprint density at radius 2 is 1.64 bits per heavy atom. The predicted molar refractivity (Wildman–Crippen MR) is 94.3 cm³/mol. The Labute approximate surface area is 157 Å². The van der Waals surface area contributed by atoms with E-state index in [2.05, 4.69) is 15.4 Å². The van der Waals surface area contributed by atoms with Crippen LogP contribution < -0.4 is 15.4 Å². The number of fused-ring (bicyclic) bond motifs is 1. The molecule has 148 valence electrons. The van der Waals surface area contributed by atoms with E-state index in [1.165, 1.54) is 17.0 Å². The number of carboxylic acid groups (broad SMARTS) is 1. The number of amides is 3. The van der Waals surface area contributed by atoms with Gasteiger partial charge >= 0.3 is 18.5 Å². The molecular formula is C18H16F3N3O4. The van der Waals surface area contributed by atoms with E-state index >= 15 is 0 Å². The van der Waals surface area contributed by atoms with Gasteiger partial charge in [0, 0.05) is 24.5 Å². The van der Waals surface area contributed by atoms with Crippen LogP contribution >= 0.6 is 0 Å². The zero-order valence-corrected chi connectivity index (χ0v) is 14.4. The van der Waals surface area contributed by atoms with E-state index in [0.29, 0.717) is 30.9 Å². The van der Waals surface area contributed by atoms with Crippen LogP contribution in [0.25, 0.3) is 0 Å². The molecule has 0 bridgehead atoms. The maximum atomic E-state index is 12.1. The van der Waals surface area contributed by atoms with Crippen LogP contribution in [0.5, 0.6) is 5.75 Å². The van der Waals surface area contributed by atoms with Crippen molar-refractivity contribution < 1.29 is 32.6 Å². The molecule has 28 heavy (non-hydrogen) atoms. The number of urea groups is 1. The summed E-state index contributed by atoms with van der Waals surface area (Å²) in [6.45, 7) is 0.674. The van der Waals surface area contributed by atoms with Crippen molar-refractivity contribution in [2.45, 2.75) is 19.3 Å². The molecule has 0 atom stereocenters. The van der Waals surface area contributed by atoms with Gasteiger partial charge in [-0.25, -0.2) is 9.59 Å². The van der Waals surface area contributed by atoms with E-state index in [9.17, 15) is 22.8 Å². The summed E-state index contributed by atoms with van der Waals surface area (Å²) in [5.41, 5.74) is 2.64. The summed E-state index contributed by atoms with van der Waals surface area (Å²) >= 11 is 0. The van der Waals surface area contributed by atoms with Crippen LogP contribution in [-0.2, 0) is 13.0 Å². The number of nitrogens with zero attached hydrogens (tertiary/aromatic N) is 1. The number of carbonyl (C=O) groups excluding carboxylic acids is 1. The van der Waals surface area contributed by atoms with Gasteiger partial charge in [-0.2, -0.15) is 0 Å². The summed E-state index contributed by atoms with van der Waals surface area (Å²) in [4.78, 5) is 24.4. The quantitative estimate of drug-likeness (QED) is 0.724. The van der Waals surface area contributed by atoms with Crippen molar-refractivity contribution in [3.63, 3.8) is 0 Å². The van der Waals surface area contributed by atoms with Crippen LogP contribution in [0.4, 0.5) is 34.1 Å². The summed E-state index contributed by atoms with van der Waals surface area (Å²) < 4.78 is 40.2. The largest absolute Gasteiger partial charge is 0.573 e. The summed E-state index contributed by atoms with van der Waals surface area (Å²) in [5.74, 6) is -0.386. The summed E-state index contributed by atoms with van der Waals surface area (Å²) in [6.07, 6.45) is -5.21. The Morgan fingerprint density at radius 3 is 2.29 bits per heavy atom. The minimum Gasteiger partial charge on any atom is -0.465 e. The molecule has 2 aromatic rings.